The van der Waals surface area contributed by atoms with E-state index < -0.39 is 47.0 Å². The largest absolute Gasteiger partial charge is 0.481 e. The van der Waals surface area contributed by atoms with Gasteiger partial charge in [-0.25, -0.2) is 0 Å². The first-order valence-electron chi connectivity index (χ1n) is 8.14. The van der Waals surface area contributed by atoms with E-state index in [0.29, 0.717) is 0 Å². The Balaban J connectivity index is -0.0000000546. The van der Waals surface area contributed by atoms with Crippen LogP contribution in [0.1, 0.15) is 6.92 Å². The molecule has 0 spiro atoms. The minimum Gasteiger partial charge on any atom is -0.481 e. The Hall–Kier alpha value is -1.26. The Labute approximate surface area is 245 Å². The lowest BCUT2D eigenvalue weighted by Gasteiger charge is -1.88. The van der Waals surface area contributed by atoms with Gasteiger partial charge in [0.25, 0.3) is 0 Å². The number of hydrogen-bond donors (Lipinski definition) is 14. The highest BCUT2D eigenvalue weighted by atomic mass is 32.1. The van der Waals surface area contributed by atoms with Crippen LogP contribution in [0.25, 0.3) is 0 Å². The lowest BCUT2D eigenvalue weighted by molar-refractivity contribution is -0.136. The topological polar surface area (TPSA) is 261 Å². The van der Waals surface area contributed by atoms with Crippen LogP contribution < -0.4 is 0 Å². The van der Waals surface area contributed by atoms with Gasteiger partial charge in [-0.15, -0.1) is 0 Å². The van der Waals surface area contributed by atoms with Crippen LogP contribution in [-0.2, 0) is 33.6 Å². The quantitative estimate of drug-likeness (QED) is 0.165. The average Bonchev–Trinajstić information content (AvgIpc) is 2.80. The van der Waals surface area contributed by atoms with Gasteiger partial charge in [0, 0.05) is 0 Å². The number of rotatable bonds is 7. The van der Waals surface area contributed by atoms with Crippen LogP contribution in [0.5, 0.6) is 0 Å². The normalized spacial score (nSPS) is 8.44. The molecule has 0 aliphatic carbocycles. The number of carboxylic acids is 7. The SMILES string of the molecule is CC(S)C(=O)O.O=C(O)CS.O=C(O)CS.O=C(O)CS.O=C(O)CS.O=C(O)CS.O=C(O)CS. The zero-order chi connectivity index (χ0) is 30.9. The number of carboxylic acid groups (broad SMARTS) is 7. The molecule has 0 aliphatic rings. The molecule has 0 aromatic rings. The number of hydrogen-bond acceptors (Lipinski definition) is 14. The van der Waals surface area contributed by atoms with E-state index >= 15 is 0 Å². The van der Waals surface area contributed by atoms with Gasteiger partial charge in [-0.3, -0.25) is 33.6 Å². The van der Waals surface area contributed by atoms with Gasteiger partial charge in [-0.05, 0) is 6.92 Å². The second-order valence-electron chi connectivity index (χ2n) is 4.33. The predicted octanol–water partition coefficient (Wildman–Crippen LogP) is 0.394. The summed E-state index contributed by atoms with van der Waals surface area (Å²) >= 11 is 24.1. The van der Waals surface area contributed by atoms with Crippen LogP contribution >= 0.6 is 88.4 Å². The van der Waals surface area contributed by atoms with Crippen molar-refractivity contribution in [2.45, 2.75) is 12.2 Å². The fourth-order valence-electron chi connectivity index (χ4n) is 0. The highest BCUT2D eigenvalue weighted by Gasteiger charge is 2.00. The van der Waals surface area contributed by atoms with Gasteiger partial charge in [-0.2, -0.15) is 88.4 Å². The first kappa shape index (κ1) is 51.4. The molecule has 216 valence electrons. The molecule has 0 aromatic heterocycles. The standard InChI is InChI=1S/C3H6O2S.6C2H4O2S/c1-2(6)3(4)5;6*3-2(4)1-5/h2,6H,1H3,(H,4,5);6*5H,1H2,(H,3,4). The van der Waals surface area contributed by atoms with Gasteiger partial charge in [0.1, 0.15) is 0 Å². The molecule has 0 saturated carbocycles. The Morgan fingerprint density at radius 2 is 0.500 bits per heavy atom. The van der Waals surface area contributed by atoms with E-state index in [2.05, 4.69) is 88.4 Å². The van der Waals surface area contributed by atoms with Crippen molar-refractivity contribution < 1.29 is 69.3 Å². The number of thiol groups is 7. The molecule has 1 unspecified atom stereocenters. The van der Waals surface area contributed by atoms with Crippen LogP contribution in [0.15, 0.2) is 0 Å². The molecule has 0 rings (SSSR count). The third kappa shape index (κ3) is 152. The molecule has 0 aliphatic heterocycles. The summed E-state index contributed by atoms with van der Waals surface area (Å²) in [5.41, 5.74) is 0. The molecular formula is C15H30O14S7. The van der Waals surface area contributed by atoms with Gasteiger partial charge < -0.3 is 35.7 Å². The van der Waals surface area contributed by atoms with Crippen LogP contribution in [0.4, 0.5) is 0 Å². The Morgan fingerprint density at radius 1 is 0.444 bits per heavy atom. The zero-order valence-electron chi connectivity index (χ0n) is 18.4. The van der Waals surface area contributed by atoms with E-state index in [1.807, 2.05) is 0 Å². The van der Waals surface area contributed by atoms with Gasteiger partial charge in [0.2, 0.25) is 0 Å². The maximum absolute atomic E-state index is 9.62. The van der Waals surface area contributed by atoms with Crippen LogP contribution in [0.2, 0.25) is 0 Å². The van der Waals surface area contributed by atoms with E-state index in [-0.39, 0.29) is 34.5 Å². The summed E-state index contributed by atoms with van der Waals surface area (Å²) < 4.78 is 0. The summed E-state index contributed by atoms with van der Waals surface area (Å²) in [5, 5.41) is 53.3. The van der Waals surface area contributed by atoms with E-state index in [4.69, 9.17) is 35.7 Å². The maximum atomic E-state index is 9.62. The molecule has 21 heteroatoms. The van der Waals surface area contributed by atoms with Gasteiger partial charge in [-0.1, -0.05) is 0 Å². The van der Waals surface area contributed by atoms with E-state index in [0.717, 1.165) is 0 Å². The third-order valence-electron chi connectivity index (χ3n) is 1.17. The molecule has 0 aromatic carbocycles. The Kier molecular flexibility index (Phi) is 62.5. The monoisotopic (exact) mass is 658 g/mol. The fourth-order valence-corrected chi connectivity index (χ4v) is 0. The van der Waals surface area contributed by atoms with E-state index in [1.54, 1.807) is 0 Å². The molecule has 0 bridgehead atoms. The maximum Gasteiger partial charge on any atom is 0.316 e. The Morgan fingerprint density at radius 3 is 0.500 bits per heavy atom. The van der Waals surface area contributed by atoms with Crippen molar-refractivity contribution in [2.75, 3.05) is 34.5 Å². The molecule has 1 atom stereocenters. The first-order valence-corrected chi connectivity index (χ1v) is 12.4. The Bertz CT molecular complexity index is 495. The molecule has 36 heavy (non-hydrogen) atoms. The summed E-state index contributed by atoms with van der Waals surface area (Å²) in [4.78, 5) is 65.4. The van der Waals surface area contributed by atoms with Crippen molar-refractivity contribution >= 4 is 130 Å². The van der Waals surface area contributed by atoms with Crippen molar-refractivity contribution in [2.24, 2.45) is 0 Å². The van der Waals surface area contributed by atoms with E-state index in [9.17, 15) is 33.6 Å². The van der Waals surface area contributed by atoms with Crippen molar-refractivity contribution in [1.29, 1.82) is 0 Å². The lowest BCUT2D eigenvalue weighted by atomic mass is 10.5. The first-order chi connectivity index (χ1) is 16.3. The average molecular weight is 659 g/mol. The van der Waals surface area contributed by atoms with Crippen LogP contribution in [0, 0.1) is 0 Å². The molecule has 0 amide bonds. The smallest absolute Gasteiger partial charge is 0.316 e. The van der Waals surface area contributed by atoms with Crippen molar-refractivity contribution in [3.63, 3.8) is 0 Å². The van der Waals surface area contributed by atoms with Gasteiger partial charge >= 0.3 is 41.8 Å². The molecule has 0 heterocycles. The summed E-state index contributed by atoms with van der Waals surface area (Å²) in [5.74, 6) is -6.66. The van der Waals surface area contributed by atoms with Gasteiger partial charge in [0.05, 0.1) is 39.8 Å². The summed E-state index contributed by atoms with van der Waals surface area (Å²) in [6.45, 7) is 1.51. The van der Waals surface area contributed by atoms with Gasteiger partial charge in [0.15, 0.2) is 0 Å². The molecule has 0 fully saturated rings. The summed E-state index contributed by atoms with van der Waals surface area (Å²) in [6.07, 6.45) is 0. The minimum absolute atomic E-state index is 0.0833. The number of carbonyl (C=O) groups is 7. The molecule has 14 nitrogen and oxygen atoms in total. The summed E-state index contributed by atoms with van der Waals surface area (Å²) in [7, 11) is 0. The molecule has 0 saturated heterocycles. The zero-order valence-corrected chi connectivity index (χ0v) is 24.7. The second-order valence-corrected chi connectivity index (χ2v) is 7.00. The molecular weight excluding hydrogens is 629 g/mol. The molecule has 0 radical (unpaired) electrons. The highest BCUT2D eigenvalue weighted by molar-refractivity contribution is 7.82. The van der Waals surface area contributed by atoms with Crippen LogP contribution in [-0.4, -0.2) is 117 Å². The van der Waals surface area contributed by atoms with Crippen molar-refractivity contribution in [1.82, 2.24) is 0 Å². The summed E-state index contributed by atoms with van der Waals surface area (Å²) in [6, 6.07) is 0. The fraction of sp³-hybridized carbons (Fsp3) is 0.533. The highest BCUT2D eigenvalue weighted by Crippen LogP contribution is 1.88. The second kappa shape index (κ2) is 43.8. The van der Waals surface area contributed by atoms with Crippen LogP contribution in [0.3, 0.4) is 0 Å². The number of aliphatic carboxylic acids is 7. The molecule has 7 N–H and O–H groups in total. The minimum atomic E-state index is -0.881. The predicted molar refractivity (Wildman–Crippen MR) is 155 cm³/mol. The van der Waals surface area contributed by atoms with Crippen molar-refractivity contribution in [3.8, 4) is 0 Å². The van der Waals surface area contributed by atoms with E-state index in [1.165, 1.54) is 6.92 Å². The lowest BCUT2D eigenvalue weighted by Crippen LogP contribution is -2.06. The third-order valence-corrected chi connectivity index (χ3v) is 3.01. The van der Waals surface area contributed by atoms with Crippen molar-refractivity contribution in [3.05, 3.63) is 0 Å².